The Hall–Kier alpha value is -9.19. The number of nitrogens with zero attached hydrogens (tertiary/aromatic N) is 2. The largest absolute Gasteiger partial charge is 0.458 e. The zero-order valence-electron chi connectivity index (χ0n) is 50.5. The molecule has 6 aliphatic heterocycles. The highest BCUT2D eigenvalue weighted by molar-refractivity contribution is 7.07. The van der Waals surface area contributed by atoms with E-state index in [1.807, 2.05) is 0 Å². The summed E-state index contributed by atoms with van der Waals surface area (Å²) in [7, 11) is 0. The van der Waals surface area contributed by atoms with Gasteiger partial charge in [-0.25, -0.2) is 0 Å². The molecule has 0 saturated carbocycles. The van der Waals surface area contributed by atoms with Crippen LogP contribution in [0.3, 0.4) is 0 Å². The van der Waals surface area contributed by atoms with Gasteiger partial charge in [-0.15, -0.1) is 0 Å². The maximum absolute atomic E-state index is 7.33. The summed E-state index contributed by atoms with van der Waals surface area (Å²) in [5, 5.41) is 0. The van der Waals surface area contributed by atoms with E-state index in [-0.39, 0.29) is 20.1 Å². The summed E-state index contributed by atoms with van der Waals surface area (Å²) in [6.45, 7) is 26.7. The summed E-state index contributed by atoms with van der Waals surface area (Å²) in [6.07, 6.45) is 0. The second-order valence-corrected chi connectivity index (χ2v) is 25.9. The van der Waals surface area contributed by atoms with Crippen LogP contribution in [0.2, 0.25) is 0 Å². The highest BCUT2D eigenvalue weighted by Gasteiger charge is 2.55. The van der Waals surface area contributed by atoms with Crippen molar-refractivity contribution in [2.24, 2.45) is 0 Å². The molecule has 11 aromatic carbocycles. The van der Waals surface area contributed by atoms with Gasteiger partial charge in [0.2, 0.25) is 0 Å². The molecule has 0 aliphatic carbocycles. The van der Waals surface area contributed by atoms with Crippen molar-refractivity contribution < 1.29 is 9.47 Å². The number of para-hydroxylation sites is 2. The Morgan fingerprint density at radius 2 is 0.576 bits per heavy atom. The van der Waals surface area contributed by atoms with E-state index in [1.165, 1.54) is 183 Å². The smallest absolute Gasteiger partial charge is 0.256 e. The van der Waals surface area contributed by atoms with Gasteiger partial charge in [-0.05, 0) is 270 Å². The van der Waals surface area contributed by atoms with Gasteiger partial charge in [-0.3, -0.25) is 0 Å². The van der Waals surface area contributed by atoms with Crippen molar-refractivity contribution in [3.05, 3.63) is 231 Å². The van der Waals surface area contributed by atoms with Gasteiger partial charge in [0.25, 0.3) is 20.1 Å². The molecule has 4 nitrogen and oxygen atoms in total. The van der Waals surface area contributed by atoms with Crippen molar-refractivity contribution in [3.8, 4) is 67.5 Å². The summed E-state index contributed by atoms with van der Waals surface area (Å²) in [5.41, 5.74) is 43.8. The number of fused-ring (bicyclic) bond motifs is 14. The van der Waals surface area contributed by atoms with Gasteiger partial charge in [-0.1, -0.05) is 138 Å². The van der Waals surface area contributed by atoms with E-state index in [9.17, 15) is 0 Å². The van der Waals surface area contributed by atoms with Gasteiger partial charge in [-0.2, -0.15) is 0 Å². The van der Waals surface area contributed by atoms with Crippen LogP contribution in [0.4, 0.5) is 34.1 Å². The van der Waals surface area contributed by atoms with E-state index >= 15 is 0 Å². The second kappa shape index (κ2) is 17.7. The van der Waals surface area contributed by atoms with Gasteiger partial charge in [0.1, 0.15) is 23.0 Å². The lowest BCUT2D eigenvalue weighted by Crippen LogP contribution is -2.72. The molecule has 0 fully saturated rings. The molecule has 0 unspecified atom stereocenters. The lowest BCUT2D eigenvalue weighted by Gasteiger charge is -2.52. The Bertz CT molecular complexity index is 4520. The molecule has 0 amide bonds. The zero-order chi connectivity index (χ0) is 57.9. The molecule has 7 heteroatoms. The standard InChI is InChI=1S/C78H63B3N2O2/c1-40-25-44(5)70(45(6)26-40)52-21-23-56-62(33-52)82-64-35-54(72-48(9)29-42(3)30-49(72)10)37-68-74(64)80(58-17-13-15-19-66(58)84-68)60-39-61-78-76(77(60)82)79(56)57-24-22-53(71-46(7)27-41(2)28-47(71)8)34-63(57)83(78)65-36-55(73-50(11)31-43(4)32-51(73)12)38-69-75(65)81(61)59-18-14-16-20-67(59)85-69/h13-39H,1-12H3. The first-order chi connectivity index (χ1) is 41.1. The minimum Gasteiger partial charge on any atom is -0.458 e. The maximum Gasteiger partial charge on any atom is 0.256 e. The highest BCUT2D eigenvalue weighted by atomic mass is 16.5. The van der Waals surface area contributed by atoms with Crippen molar-refractivity contribution >= 4 is 103 Å². The summed E-state index contributed by atoms with van der Waals surface area (Å²) in [5.74, 6) is 3.65. The van der Waals surface area contributed by atoms with Crippen LogP contribution in [0.15, 0.2) is 164 Å². The first-order valence-electron chi connectivity index (χ1n) is 30.4. The van der Waals surface area contributed by atoms with E-state index in [0.717, 1.165) is 34.1 Å². The van der Waals surface area contributed by atoms with E-state index in [1.54, 1.807) is 0 Å². The predicted octanol–water partition coefficient (Wildman–Crippen LogP) is 14.0. The van der Waals surface area contributed by atoms with Crippen LogP contribution in [0, 0.1) is 83.1 Å². The third-order valence-electron chi connectivity index (χ3n) is 20.0. The number of hydrogen-bond acceptors (Lipinski definition) is 4. The van der Waals surface area contributed by atoms with Gasteiger partial charge < -0.3 is 19.3 Å². The number of ether oxygens (including phenoxy) is 2. The van der Waals surface area contributed by atoms with E-state index in [4.69, 9.17) is 9.47 Å². The summed E-state index contributed by atoms with van der Waals surface area (Å²) < 4.78 is 14.7. The van der Waals surface area contributed by atoms with E-state index in [2.05, 4.69) is 257 Å². The molecule has 0 aromatic heterocycles. The third-order valence-corrected chi connectivity index (χ3v) is 20.0. The van der Waals surface area contributed by atoms with Crippen molar-refractivity contribution in [1.29, 1.82) is 0 Å². The zero-order valence-corrected chi connectivity index (χ0v) is 50.5. The quantitative estimate of drug-likeness (QED) is 0.164. The molecule has 0 saturated heterocycles. The fourth-order valence-electron chi connectivity index (χ4n) is 17.4. The number of anilines is 6. The Labute approximate surface area is 501 Å². The van der Waals surface area contributed by atoms with E-state index in [0.29, 0.717) is 0 Å². The SMILES string of the molecule is Cc1cc(C)c(-c2ccc3c(c2)N2c4cc(-c5c(C)cc(C)cc5C)cc5c4B(c4ccccc4O5)c4cc5c6c(c42)B3c2ccc(-c3c(C)cc(C)cc3C)cc2N6c2cc(-c3c(C)cc(C)cc3C)cc3c2B5c2ccccc2O3)c(C)c1. The molecule has 0 atom stereocenters. The minimum absolute atomic E-state index is 0.119. The van der Waals surface area contributed by atoms with Gasteiger partial charge in [0, 0.05) is 34.1 Å². The molecular formula is C78H63B3N2O2. The second-order valence-electron chi connectivity index (χ2n) is 25.9. The molecule has 6 heterocycles. The van der Waals surface area contributed by atoms with Crippen LogP contribution in [0.1, 0.15) is 66.8 Å². The number of rotatable bonds is 4. The maximum atomic E-state index is 7.33. The monoisotopic (exact) mass is 1090 g/mol. The van der Waals surface area contributed by atoms with Crippen molar-refractivity contribution in [2.75, 3.05) is 9.80 Å². The molecule has 406 valence electrons. The molecule has 11 aromatic rings. The topological polar surface area (TPSA) is 24.9 Å². The van der Waals surface area contributed by atoms with Crippen molar-refractivity contribution in [1.82, 2.24) is 0 Å². The van der Waals surface area contributed by atoms with Crippen LogP contribution in [0.25, 0.3) is 44.5 Å². The first-order valence-corrected chi connectivity index (χ1v) is 30.4. The normalized spacial score (nSPS) is 13.7. The molecule has 0 radical (unpaired) electrons. The highest BCUT2D eigenvalue weighted by Crippen LogP contribution is 2.52. The van der Waals surface area contributed by atoms with Crippen LogP contribution in [-0.2, 0) is 0 Å². The van der Waals surface area contributed by atoms with Crippen molar-refractivity contribution in [3.63, 3.8) is 0 Å². The lowest BCUT2D eigenvalue weighted by molar-refractivity contribution is 0.487. The molecule has 6 aliphatic rings. The minimum atomic E-state index is -0.125. The number of aryl methyl sites for hydroxylation is 12. The molecule has 0 spiro atoms. The van der Waals surface area contributed by atoms with Crippen LogP contribution in [0.5, 0.6) is 23.0 Å². The molecule has 17 rings (SSSR count). The lowest BCUT2D eigenvalue weighted by atomic mass is 9.26. The fraction of sp³-hybridized carbons (Fsp3) is 0.154. The average Bonchev–Trinajstić information content (AvgIpc) is 0.694. The van der Waals surface area contributed by atoms with Crippen LogP contribution in [-0.4, -0.2) is 20.1 Å². The predicted molar refractivity (Wildman–Crippen MR) is 361 cm³/mol. The Morgan fingerprint density at radius 3 is 0.941 bits per heavy atom. The van der Waals surface area contributed by atoms with Gasteiger partial charge in [0.05, 0.1) is 0 Å². The first kappa shape index (κ1) is 50.3. The Kier molecular flexibility index (Phi) is 10.5. The summed E-state index contributed by atoms with van der Waals surface area (Å²) >= 11 is 0. The molecular weight excluding hydrogens is 1030 g/mol. The summed E-state index contributed by atoms with van der Waals surface area (Å²) in [6, 6.07) is 63.7. The third kappa shape index (κ3) is 6.96. The Morgan fingerprint density at radius 1 is 0.259 bits per heavy atom. The van der Waals surface area contributed by atoms with Crippen LogP contribution >= 0.6 is 0 Å². The number of hydrogen-bond donors (Lipinski definition) is 0. The summed E-state index contributed by atoms with van der Waals surface area (Å²) in [4.78, 5) is 5.41. The average molecular weight is 1090 g/mol. The Balaban J connectivity index is 1.05. The van der Waals surface area contributed by atoms with Gasteiger partial charge >= 0.3 is 0 Å². The van der Waals surface area contributed by atoms with Gasteiger partial charge in [0.15, 0.2) is 0 Å². The van der Waals surface area contributed by atoms with E-state index < -0.39 is 0 Å². The van der Waals surface area contributed by atoms with Crippen LogP contribution < -0.4 is 68.4 Å². The van der Waals surface area contributed by atoms with Crippen molar-refractivity contribution in [2.45, 2.75) is 83.1 Å². The number of benzene rings is 11. The molecule has 0 N–H and O–H groups in total. The molecule has 0 bridgehead atoms. The molecule has 85 heavy (non-hydrogen) atoms. The fourth-order valence-corrected chi connectivity index (χ4v) is 17.4.